The van der Waals surface area contributed by atoms with Crippen molar-refractivity contribution < 1.29 is 9.32 Å². The molecular weight excluding hydrogens is 306 g/mol. The number of nitrogens with one attached hydrogen (secondary N) is 1. The zero-order valence-electron chi connectivity index (χ0n) is 13.3. The molecule has 0 spiro atoms. The van der Waals surface area contributed by atoms with Crippen LogP contribution < -0.4 is 0 Å². The summed E-state index contributed by atoms with van der Waals surface area (Å²) in [6, 6.07) is 9.84. The molecule has 0 saturated heterocycles. The van der Waals surface area contributed by atoms with Crippen LogP contribution in [0.4, 0.5) is 0 Å². The molecule has 0 fully saturated rings. The number of amides is 1. The third-order valence-corrected chi connectivity index (χ3v) is 3.93. The molecule has 0 bridgehead atoms. The van der Waals surface area contributed by atoms with Crippen LogP contribution in [-0.4, -0.2) is 38.0 Å². The summed E-state index contributed by atoms with van der Waals surface area (Å²) in [6.45, 7) is 1.97. The van der Waals surface area contributed by atoms with Crippen molar-refractivity contribution in [1.29, 1.82) is 0 Å². The Morgan fingerprint density at radius 2 is 2.08 bits per heavy atom. The SMILES string of the molecule is Cc1nc(CN(C)C(=O)c2nccc3c2[nH]c2ccccc23)no1. The number of carbonyl (C=O) groups excluding carboxylic acids is 1. The fourth-order valence-corrected chi connectivity index (χ4v) is 2.81. The van der Waals surface area contributed by atoms with Gasteiger partial charge in [-0.25, -0.2) is 4.98 Å². The lowest BCUT2D eigenvalue weighted by atomic mass is 10.1. The second kappa shape index (κ2) is 5.45. The number of aromatic nitrogens is 4. The number of hydrogen-bond acceptors (Lipinski definition) is 5. The van der Waals surface area contributed by atoms with Crippen molar-refractivity contribution in [3.05, 3.63) is 53.9 Å². The number of hydrogen-bond donors (Lipinski definition) is 1. The van der Waals surface area contributed by atoms with E-state index in [9.17, 15) is 4.79 Å². The second-order valence-electron chi connectivity index (χ2n) is 5.64. The van der Waals surface area contributed by atoms with Crippen LogP contribution >= 0.6 is 0 Å². The number of benzene rings is 1. The van der Waals surface area contributed by atoms with Crippen molar-refractivity contribution >= 4 is 27.7 Å². The van der Waals surface area contributed by atoms with Crippen molar-refractivity contribution in [3.8, 4) is 0 Å². The molecule has 0 radical (unpaired) electrons. The molecule has 0 saturated carbocycles. The van der Waals surface area contributed by atoms with Gasteiger partial charge in [0.1, 0.15) is 0 Å². The fourth-order valence-electron chi connectivity index (χ4n) is 2.81. The standard InChI is InChI=1S/C17H15N5O2/c1-10-19-14(21-24-10)9-22(2)17(23)16-15-12(7-8-18-16)11-5-3-4-6-13(11)20-15/h3-8,20H,9H2,1-2H3. The van der Waals surface area contributed by atoms with Gasteiger partial charge in [0.15, 0.2) is 11.5 Å². The lowest BCUT2D eigenvalue weighted by Gasteiger charge is -2.14. The first-order chi connectivity index (χ1) is 11.6. The highest BCUT2D eigenvalue weighted by Crippen LogP contribution is 2.26. The highest BCUT2D eigenvalue weighted by molar-refractivity contribution is 6.13. The Morgan fingerprint density at radius 3 is 2.88 bits per heavy atom. The smallest absolute Gasteiger partial charge is 0.274 e. The maximum Gasteiger partial charge on any atom is 0.274 e. The van der Waals surface area contributed by atoms with Gasteiger partial charge < -0.3 is 14.4 Å². The minimum atomic E-state index is -0.199. The molecule has 0 aliphatic heterocycles. The summed E-state index contributed by atoms with van der Waals surface area (Å²) in [5.74, 6) is 0.739. The van der Waals surface area contributed by atoms with E-state index in [4.69, 9.17) is 4.52 Å². The number of H-pyrrole nitrogens is 1. The van der Waals surface area contributed by atoms with E-state index in [2.05, 4.69) is 20.1 Å². The van der Waals surface area contributed by atoms with Gasteiger partial charge in [0.25, 0.3) is 5.91 Å². The van der Waals surface area contributed by atoms with Crippen molar-refractivity contribution in [2.45, 2.75) is 13.5 Å². The van der Waals surface area contributed by atoms with E-state index in [-0.39, 0.29) is 12.5 Å². The van der Waals surface area contributed by atoms with Gasteiger partial charge in [0, 0.05) is 36.5 Å². The minimum Gasteiger partial charge on any atom is -0.353 e. The van der Waals surface area contributed by atoms with E-state index in [0.29, 0.717) is 17.4 Å². The number of para-hydroxylation sites is 1. The number of aryl methyl sites for hydroxylation is 1. The summed E-state index contributed by atoms with van der Waals surface area (Å²) >= 11 is 0. The second-order valence-corrected chi connectivity index (χ2v) is 5.64. The Hall–Kier alpha value is -3.22. The van der Waals surface area contributed by atoms with Crippen LogP contribution in [-0.2, 0) is 6.54 Å². The van der Waals surface area contributed by atoms with Gasteiger partial charge in [0.05, 0.1) is 12.1 Å². The Morgan fingerprint density at radius 1 is 1.25 bits per heavy atom. The number of nitrogens with zero attached hydrogens (tertiary/aromatic N) is 4. The number of aromatic amines is 1. The van der Waals surface area contributed by atoms with Crippen molar-refractivity contribution in [1.82, 2.24) is 25.0 Å². The van der Waals surface area contributed by atoms with Crippen molar-refractivity contribution in [2.24, 2.45) is 0 Å². The van der Waals surface area contributed by atoms with Gasteiger partial charge in [-0.15, -0.1) is 0 Å². The first-order valence-corrected chi connectivity index (χ1v) is 7.53. The monoisotopic (exact) mass is 321 g/mol. The highest BCUT2D eigenvalue weighted by Gasteiger charge is 2.20. The molecule has 120 valence electrons. The normalized spacial score (nSPS) is 11.2. The van der Waals surface area contributed by atoms with Crippen molar-refractivity contribution in [3.63, 3.8) is 0 Å². The lowest BCUT2D eigenvalue weighted by molar-refractivity contribution is 0.0777. The molecule has 3 aromatic heterocycles. The van der Waals surface area contributed by atoms with Crippen LogP contribution in [0.1, 0.15) is 22.2 Å². The lowest BCUT2D eigenvalue weighted by Crippen LogP contribution is -2.27. The Balaban J connectivity index is 1.73. The molecule has 3 heterocycles. The largest absolute Gasteiger partial charge is 0.353 e. The van der Waals surface area contributed by atoms with Gasteiger partial charge in [-0.1, -0.05) is 23.4 Å². The summed E-state index contributed by atoms with van der Waals surface area (Å²) in [6.07, 6.45) is 1.65. The minimum absolute atomic E-state index is 0.199. The molecule has 1 aromatic carbocycles. The van der Waals surface area contributed by atoms with Gasteiger partial charge in [-0.2, -0.15) is 4.98 Å². The fraction of sp³-hybridized carbons (Fsp3) is 0.176. The van der Waals surface area contributed by atoms with E-state index in [1.54, 1.807) is 20.2 Å². The molecule has 0 aliphatic carbocycles. The number of carbonyl (C=O) groups is 1. The van der Waals surface area contributed by atoms with Gasteiger partial charge in [-0.3, -0.25) is 4.79 Å². The maximum absolute atomic E-state index is 12.8. The number of rotatable bonds is 3. The highest BCUT2D eigenvalue weighted by atomic mass is 16.5. The first-order valence-electron chi connectivity index (χ1n) is 7.53. The summed E-state index contributed by atoms with van der Waals surface area (Å²) in [5.41, 5.74) is 2.09. The van der Waals surface area contributed by atoms with Gasteiger partial charge in [-0.05, 0) is 12.1 Å². The molecule has 4 aromatic rings. The summed E-state index contributed by atoms with van der Waals surface area (Å²) in [4.78, 5) is 26.0. The average Bonchev–Trinajstić information content (AvgIpc) is 3.17. The Labute approximate surface area is 137 Å². The van der Waals surface area contributed by atoms with Crippen LogP contribution in [0.25, 0.3) is 21.8 Å². The third-order valence-electron chi connectivity index (χ3n) is 3.93. The molecule has 0 unspecified atom stereocenters. The molecule has 4 rings (SSSR count). The van der Waals surface area contributed by atoms with Crippen LogP contribution in [0.2, 0.25) is 0 Å². The van der Waals surface area contributed by atoms with Crippen LogP contribution in [0.5, 0.6) is 0 Å². The summed E-state index contributed by atoms with van der Waals surface area (Å²) in [7, 11) is 1.69. The Kier molecular flexibility index (Phi) is 3.26. The van der Waals surface area contributed by atoms with E-state index in [1.165, 1.54) is 4.90 Å². The topological polar surface area (TPSA) is 87.9 Å². The molecule has 24 heavy (non-hydrogen) atoms. The first kappa shape index (κ1) is 14.4. The maximum atomic E-state index is 12.8. The predicted octanol–water partition coefficient (Wildman–Crippen LogP) is 2.68. The predicted molar refractivity (Wildman–Crippen MR) is 88.4 cm³/mol. The van der Waals surface area contributed by atoms with E-state index < -0.39 is 0 Å². The number of fused-ring (bicyclic) bond motifs is 3. The molecule has 0 aliphatic rings. The van der Waals surface area contributed by atoms with Crippen molar-refractivity contribution in [2.75, 3.05) is 7.05 Å². The number of pyridine rings is 1. The molecule has 7 nitrogen and oxygen atoms in total. The van der Waals surface area contributed by atoms with Crippen LogP contribution in [0, 0.1) is 6.92 Å². The Bertz CT molecular complexity index is 1050. The zero-order chi connectivity index (χ0) is 16.7. The molecular formula is C17H15N5O2. The summed E-state index contributed by atoms with van der Waals surface area (Å²) in [5, 5.41) is 5.87. The average molecular weight is 321 g/mol. The van der Waals surface area contributed by atoms with Crippen LogP contribution in [0.3, 0.4) is 0 Å². The van der Waals surface area contributed by atoms with Gasteiger partial charge >= 0.3 is 0 Å². The summed E-state index contributed by atoms with van der Waals surface area (Å²) < 4.78 is 4.94. The third kappa shape index (κ3) is 2.30. The van der Waals surface area contributed by atoms with E-state index in [0.717, 1.165) is 21.8 Å². The van der Waals surface area contributed by atoms with Crippen LogP contribution in [0.15, 0.2) is 41.1 Å². The molecule has 1 amide bonds. The molecule has 0 atom stereocenters. The zero-order valence-corrected chi connectivity index (χ0v) is 13.3. The van der Waals surface area contributed by atoms with E-state index in [1.807, 2.05) is 30.3 Å². The van der Waals surface area contributed by atoms with Gasteiger partial charge in [0.2, 0.25) is 5.89 Å². The quantitative estimate of drug-likeness (QED) is 0.627. The molecule has 1 N–H and O–H groups in total. The van der Waals surface area contributed by atoms with E-state index >= 15 is 0 Å². The molecule has 7 heteroatoms.